The van der Waals surface area contributed by atoms with Crippen LogP contribution in [-0.4, -0.2) is 23.0 Å². The Kier molecular flexibility index (Phi) is 3.99. The van der Waals surface area contributed by atoms with Gasteiger partial charge in [-0.3, -0.25) is 8.42 Å². The van der Waals surface area contributed by atoms with E-state index >= 15 is 0 Å². The molecule has 0 radical (unpaired) electrons. The van der Waals surface area contributed by atoms with Crippen molar-refractivity contribution in [1.82, 2.24) is 0 Å². The fourth-order valence-corrected chi connectivity index (χ4v) is 13.4. The Hall–Kier alpha value is -0.120. The van der Waals surface area contributed by atoms with Gasteiger partial charge in [0.1, 0.15) is 4.08 Å². The zero-order valence-corrected chi connectivity index (χ0v) is 17.1. The number of thioether (sulfide) groups is 2. The molecule has 124 valence electrons. The first-order valence-corrected chi connectivity index (χ1v) is 13.2. The van der Waals surface area contributed by atoms with Gasteiger partial charge in [0.2, 0.25) is 0 Å². The summed E-state index contributed by atoms with van der Waals surface area (Å²) in [4.78, 5) is 0. The molecule has 24 heavy (non-hydrogen) atoms. The van der Waals surface area contributed by atoms with Crippen LogP contribution in [0.2, 0.25) is 0 Å². The molecule has 2 aromatic heterocycles. The third-order valence-corrected chi connectivity index (χ3v) is 13.8. The quantitative estimate of drug-likeness (QED) is 0.662. The predicted molar refractivity (Wildman–Crippen MR) is 108 cm³/mol. The highest BCUT2D eigenvalue weighted by Crippen LogP contribution is 2.61. The van der Waals surface area contributed by atoms with Crippen molar-refractivity contribution in [2.24, 2.45) is 5.92 Å². The molecule has 0 saturated carbocycles. The standard InChI is InChI=1S/C16H12O2S6/c17-23-14(21-12-3-1-7-19-12)9-10-15(23)11-5-6-16(10,24(11)18)22-13-4-2-8-20-13/h1-11,15H/t10-,11?,15+,16-,23+,24?/m0/s1. The van der Waals surface area contributed by atoms with E-state index in [0.29, 0.717) is 0 Å². The highest BCUT2D eigenvalue weighted by molar-refractivity contribution is 8.19. The molecule has 3 aliphatic heterocycles. The first-order chi connectivity index (χ1) is 11.7. The number of thiophene rings is 2. The van der Waals surface area contributed by atoms with E-state index in [0.717, 1.165) is 8.45 Å². The topological polar surface area (TPSA) is 34.1 Å². The number of rotatable bonds is 4. The molecule has 5 rings (SSSR count). The Morgan fingerprint density at radius 1 is 1.08 bits per heavy atom. The smallest absolute Gasteiger partial charge is 0.122 e. The highest BCUT2D eigenvalue weighted by atomic mass is 32.2. The van der Waals surface area contributed by atoms with E-state index in [1.807, 2.05) is 29.0 Å². The molecule has 0 aliphatic carbocycles. The maximum absolute atomic E-state index is 13.1. The van der Waals surface area contributed by atoms with Gasteiger partial charge in [0, 0.05) is 5.92 Å². The van der Waals surface area contributed by atoms with Crippen LogP contribution < -0.4 is 0 Å². The van der Waals surface area contributed by atoms with Crippen LogP contribution in [0.4, 0.5) is 0 Å². The molecule has 1 saturated heterocycles. The molecule has 0 N–H and O–H groups in total. The van der Waals surface area contributed by atoms with Crippen molar-refractivity contribution in [2.45, 2.75) is 23.0 Å². The lowest BCUT2D eigenvalue weighted by Crippen LogP contribution is -2.33. The second-order valence-electron chi connectivity index (χ2n) is 5.68. The largest absolute Gasteiger partial charge is 0.257 e. The number of allylic oxidation sites excluding steroid dienone is 1. The van der Waals surface area contributed by atoms with Crippen LogP contribution in [0.25, 0.3) is 0 Å². The molecule has 0 spiro atoms. The zero-order valence-electron chi connectivity index (χ0n) is 12.2. The maximum Gasteiger partial charge on any atom is 0.122 e. The average molecular weight is 429 g/mol. The minimum atomic E-state index is -1.07. The molecule has 2 unspecified atom stereocenters. The van der Waals surface area contributed by atoms with Gasteiger partial charge in [-0.15, -0.1) is 22.7 Å². The number of fused-ring (bicyclic) bond motifs is 5. The van der Waals surface area contributed by atoms with Gasteiger partial charge in [-0.05, 0) is 22.9 Å². The number of hydrogen-bond acceptors (Lipinski definition) is 6. The first-order valence-electron chi connectivity index (χ1n) is 7.35. The minimum Gasteiger partial charge on any atom is -0.257 e. The molecule has 6 atom stereocenters. The molecular formula is C16H12O2S6. The Bertz CT molecular complexity index is 882. The Balaban J connectivity index is 1.52. The summed E-state index contributed by atoms with van der Waals surface area (Å²) in [6.07, 6.45) is 6.31. The lowest BCUT2D eigenvalue weighted by molar-refractivity contribution is 0.614. The van der Waals surface area contributed by atoms with Crippen LogP contribution in [0.5, 0.6) is 0 Å². The second-order valence-corrected chi connectivity index (χ2v) is 14.4. The van der Waals surface area contributed by atoms with Crippen molar-refractivity contribution < 1.29 is 8.42 Å². The van der Waals surface area contributed by atoms with Gasteiger partial charge < -0.3 is 0 Å². The van der Waals surface area contributed by atoms with Gasteiger partial charge in [-0.2, -0.15) is 0 Å². The van der Waals surface area contributed by atoms with E-state index in [1.54, 1.807) is 46.2 Å². The van der Waals surface area contributed by atoms with E-state index in [2.05, 4.69) is 24.3 Å². The summed E-state index contributed by atoms with van der Waals surface area (Å²) in [5.41, 5.74) is 0. The van der Waals surface area contributed by atoms with Gasteiger partial charge in [-0.25, -0.2) is 0 Å². The Morgan fingerprint density at radius 2 is 1.83 bits per heavy atom. The predicted octanol–water partition coefficient (Wildman–Crippen LogP) is 4.68. The fourth-order valence-electron chi connectivity index (χ4n) is 3.42. The van der Waals surface area contributed by atoms with Crippen molar-refractivity contribution in [3.8, 4) is 0 Å². The van der Waals surface area contributed by atoms with Crippen molar-refractivity contribution >= 4 is 67.8 Å². The van der Waals surface area contributed by atoms with Gasteiger partial charge in [0.25, 0.3) is 0 Å². The first kappa shape index (κ1) is 16.1. The van der Waals surface area contributed by atoms with Gasteiger partial charge >= 0.3 is 0 Å². The highest BCUT2D eigenvalue weighted by Gasteiger charge is 2.65. The molecule has 0 aromatic carbocycles. The Labute approximate surface area is 161 Å². The van der Waals surface area contributed by atoms with E-state index in [1.165, 1.54) is 4.21 Å². The summed E-state index contributed by atoms with van der Waals surface area (Å²) in [5.74, 6) is 0.0868. The summed E-state index contributed by atoms with van der Waals surface area (Å²) >= 11 is 6.65. The third kappa shape index (κ3) is 2.27. The maximum atomic E-state index is 13.1. The third-order valence-electron chi connectivity index (χ3n) is 4.43. The summed E-state index contributed by atoms with van der Waals surface area (Å²) in [6.45, 7) is 0. The molecule has 5 heterocycles. The summed E-state index contributed by atoms with van der Waals surface area (Å²) in [7, 11) is -2.08. The van der Waals surface area contributed by atoms with Crippen molar-refractivity contribution in [3.63, 3.8) is 0 Å². The molecule has 0 amide bonds. The van der Waals surface area contributed by atoms with Gasteiger partial charge in [0.15, 0.2) is 0 Å². The van der Waals surface area contributed by atoms with Gasteiger partial charge in [-0.1, -0.05) is 53.9 Å². The van der Waals surface area contributed by atoms with Crippen LogP contribution in [0.1, 0.15) is 0 Å². The lowest BCUT2D eigenvalue weighted by atomic mass is 9.94. The average Bonchev–Trinajstić information content (AvgIpc) is 3.36. The molecule has 2 aromatic rings. The van der Waals surface area contributed by atoms with E-state index in [-0.39, 0.29) is 16.4 Å². The molecular weight excluding hydrogens is 417 g/mol. The zero-order chi connectivity index (χ0) is 16.3. The minimum absolute atomic E-state index is 0.0363. The van der Waals surface area contributed by atoms with Crippen LogP contribution >= 0.6 is 46.2 Å². The number of hydrogen-bond donors (Lipinski definition) is 0. The second kappa shape index (κ2) is 5.96. The lowest BCUT2D eigenvalue weighted by Gasteiger charge is -2.27. The van der Waals surface area contributed by atoms with E-state index < -0.39 is 25.7 Å². The normalized spacial score (nSPS) is 39.3. The molecule has 1 fully saturated rings. The molecule has 2 nitrogen and oxygen atoms in total. The Morgan fingerprint density at radius 3 is 2.54 bits per heavy atom. The van der Waals surface area contributed by atoms with Crippen LogP contribution in [0, 0.1) is 5.92 Å². The van der Waals surface area contributed by atoms with E-state index in [9.17, 15) is 8.42 Å². The SMILES string of the molecule is O=S1C2C=C[C@@]1(Sc1cccs1)[C@H]1C=C(Sc3cccs3)[S@@](=O)[C@@H]21. The summed E-state index contributed by atoms with van der Waals surface area (Å²) in [6, 6.07) is 8.17. The van der Waals surface area contributed by atoms with Crippen LogP contribution in [0.15, 0.2) is 65.9 Å². The monoisotopic (exact) mass is 428 g/mol. The van der Waals surface area contributed by atoms with E-state index in [4.69, 9.17) is 0 Å². The molecule has 3 aliphatic rings. The van der Waals surface area contributed by atoms with Gasteiger partial charge in [0.05, 0.1) is 44.8 Å². The summed E-state index contributed by atoms with van der Waals surface area (Å²) < 4.78 is 28.9. The van der Waals surface area contributed by atoms with Crippen molar-refractivity contribution in [3.05, 3.63) is 57.5 Å². The fraction of sp³-hybridized carbons (Fsp3) is 0.250. The molecule has 8 heteroatoms. The molecule has 2 bridgehead atoms. The van der Waals surface area contributed by atoms with Crippen LogP contribution in [-0.2, 0) is 21.6 Å². The van der Waals surface area contributed by atoms with Crippen molar-refractivity contribution in [2.75, 3.05) is 0 Å². The van der Waals surface area contributed by atoms with Crippen LogP contribution in [0.3, 0.4) is 0 Å². The van der Waals surface area contributed by atoms with Crippen molar-refractivity contribution in [1.29, 1.82) is 0 Å². The summed E-state index contributed by atoms with van der Waals surface area (Å²) in [5, 5.41) is 3.97.